The van der Waals surface area contributed by atoms with Crippen molar-refractivity contribution in [1.29, 1.82) is 0 Å². The van der Waals surface area contributed by atoms with E-state index in [0.29, 0.717) is 30.0 Å². The Morgan fingerprint density at radius 3 is 1.97 bits per heavy atom. The average Bonchev–Trinajstić information content (AvgIpc) is 1.09. The molecule has 3 fully saturated rings. The fraction of sp³-hybridized carbons (Fsp3) is 0.569. The lowest BCUT2D eigenvalue weighted by atomic mass is 9.85. The largest absolute Gasteiger partial charge is 0.391 e. The normalized spacial score (nSPS) is 16.9. The average molecular weight is 1250 g/mol. The van der Waals surface area contributed by atoms with Crippen molar-refractivity contribution in [3.05, 3.63) is 127 Å². The lowest BCUT2D eigenvalue weighted by molar-refractivity contribution is -0.144. The predicted molar refractivity (Wildman–Crippen MR) is 359 cm³/mol. The number of thiazole rings is 1. The van der Waals surface area contributed by atoms with Crippen molar-refractivity contribution in [2.24, 2.45) is 5.41 Å². The summed E-state index contributed by atoms with van der Waals surface area (Å²) in [6.07, 6.45) is 15.1. The third-order valence-corrected chi connectivity index (χ3v) is 19.5. The number of anilines is 1. The number of hydrogen-bond acceptors (Lipinski definition) is 12. The Labute approximate surface area is 538 Å². The number of aromatic amines is 1. The van der Waals surface area contributed by atoms with Gasteiger partial charge in [0.05, 0.1) is 22.2 Å². The molecular weight excluding hydrogens is 1150 g/mol. The van der Waals surface area contributed by atoms with Crippen molar-refractivity contribution in [3.63, 3.8) is 0 Å². The van der Waals surface area contributed by atoms with Gasteiger partial charge < -0.3 is 45.5 Å². The maximum absolute atomic E-state index is 14.1. The molecule has 17 nitrogen and oxygen atoms in total. The third kappa shape index (κ3) is 19.4. The first kappa shape index (κ1) is 69.2. The van der Waals surface area contributed by atoms with E-state index in [-0.39, 0.29) is 61.2 Å². The van der Waals surface area contributed by atoms with Crippen LogP contribution in [0.25, 0.3) is 21.6 Å². The monoisotopic (exact) mass is 1250 g/mol. The Bertz CT molecular complexity index is 3230. The zero-order valence-electron chi connectivity index (χ0n) is 55.0. The standard InChI is InChI=1S/C72H101N9O8S/c1-9-80(58-32-38-89-39-33-58)62-42-57(41-60(51(62)4)68(85)74-45-61-49(2)40-50(3)76-69(61)86)55-28-26-54(27-29-55)46-78-34-36-79(37-35-78)65(84)23-21-19-17-15-13-11-10-12-14-16-18-20-22-64(83)77-67(72(6,7)8)71(88)81-47-59(82)43-63(81)70(87)73-44-53-24-30-56(31-25-53)66-52(5)75-48-90-66/h24-31,40-42,48,58-59,63,67,82H,9-23,32-39,43-47H2,1-8H3,(H,73,87)(H,74,85)(H,76,86)(H,77,83)/t59-,63-,67+/m0/s1. The number of aliphatic hydroxyl groups excluding tert-OH is 1. The van der Waals surface area contributed by atoms with E-state index in [1.165, 1.54) is 42.6 Å². The molecule has 5 heterocycles. The van der Waals surface area contributed by atoms with E-state index < -0.39 is 23.6 Å². The Balaban J connectivity index is 0.672. The number of β-amino-alcohol motifs (C(OH)–C–C–N with tert-alkyl or cyclic N) is 1. The second-order valence-electron chi connectivity index (χ2n) is 26.5. The van der Waals surface area contributed by atoms with Gasteiger partial charge in [0.15, 0.2) is 0 Å². The Morgan fingerprint density at radius 2 is 1.37 bits per heavy atom. The van der Waals surface area contributed by atoms with E-state index in [2.05, 4.69) is 73.0 Å². The van der Waals surface area contributed by atoms with Crippen LogP contribution in [0.5, 0.6) is 0 Å². The number of benzene rings is 3. The van der Waals surface area contributed by atoms with Gasteiger partial charge in [-0.3, -0.25) is 33.7 Å². The molecule has 5 aromatic rings. The predicted octanol–water partition coefficient (Wildman–Crippen LogP) is 11.2. The van der Waals surface area contributed by atoms with Gasteiger partial charge in [0.1, 0.15) is 12.1 Å². The highest BCUT2D eigenvalue weighted by Crippen LogP contribution is 2.35. The highest BCUT2D eigenvalue weighted by Gasteiger charge is 2.44. The van der Waals surface area contributed by atoms with E-state index in [4.69, 9.17) is 4.74 Å². The van der Waals surface area contributed by atoms with E-state index in [1.54, 1.807) is 11.3 Å². The van der Waals surface area contributed by atoms with Gasteiger partial charge in [-0.1, -0.05) is 134 Å². The molecule has 5 amide bonds. The molecule has 0 saturated carbocycles. The first-order valence-electron chi connectivity index (χ1n) is 33.4. The summed E-state index contributed by atoms with van der Waals surface area (Å²) in [5.41, 5.74) is 12.0. The number of H-pyrrole nitrogens is 1. The van der Waals surface area contributed by atoms with Crippen LogP contribution in [-0.4, -0.2) is 136 Å². The number of hydrogen-bond donors (Lipinski definition) is 5. The molecule has 5 N–H and O–H groups in total. The molecule has 8 rings (SSSR count). The fourth-order valence-corrected chi connectivity index (χ4v) is 13.9. The van der Waals surface area contributed by atoms with Gasteiger partial charge in [0.25, 0.3) is 11.5 Å². The van der Waals surface area contributed by atoms with Crippen LogP contribution in [0.4, 0.5) is 5.69 Å². The summed E-state index contributed by atoms with van der Waals surface area (Å²) in [6.45, 7) is 22.3. The van der Waals surface area contributed by atoms with Crippen LogP contribution >= 0.6 is 11.3 Å². The van der Waals surface area contributed by atoms with Gasteiger partial charge in [0.2, 0.25) is 23.6 Å². The first-order valence-corrected chi connectivity index (χ1v) is 34.3. The van der Waals surface area contributed by atoms with Gasteiger partial charge in [-0.25, -0.2) is 4.98 Å². The van der Waals surface area contributed by atoms with Gasteiger partial charge in [-0.15, -0.1) is 11.3 Å². The third-order valence-electron chi connectivity index (χ3n) is 18.5. The number of aromatic nitrogens is 2. The van der Waals surface area contributed by atoms with Crippen molar-refractivity contribution in [1.82, 2.24) is 40.6 Å². The number of unbranched alkanes of at least 4 members (excludes halogenated alkanes) is 11. The molecule has 3 aliphatic rings. The second-order valence-corrected chi connectivity index (χ2v) is 27.3. The number of rotatable bonds is 30. The molecule has 0 aliphatic carbocycles. The summed E-state index contributed by atoms with van der Waals surface area (Å²) in [7, 11) is 0. The Hall–Kier alpha value is -6.73. The summed E-state index contributed by atoms with van der Waals surface area (Å²) in [6, 6.07) is 21.4. The molecule has 90 heavy (non-hydrogen) atoms. The highest BCUT2D eigenvalue weighted by atomic mass is 32.1. The van der Waals surface area contributed by atoms with Crippen LogP contribution in [-0.2, 0) is 43.5 Å². The SMILES string of the molecule is CCN(c1cc(-c2ccc(CN3CCN(C(=O)CCCCCCCCCCCCCCC(=O)N[C@H](C(=O)N4C[C@@H](O)C[C@H]4C(=O)NCc4ccc(-c5scnc5C)cc4)C(C)(C)C)CC3)cc2)cc(C(=O)NCc2c(C)cc(C)[nH]c2=O)c1C)C1CCOCC1. The van der Waals surface area contributed by atoms with Crippen molar-refractivity contribution >= 4 is 46.6 Å². The molecule has 2 aromatic heterocycles. The minimum absolute atomic E-state index is 0.0400. The van der Waals surface area contributed by atoms with E-state index in [1.807, 2.05) is 95.3 Å². The summed E-state index contributed by atoms with van der Waals surface area (Å²) < 4.78 is 5.72. The molecule has 3 atom stereocenters. The summed E-state index contributed by atoms with van der Waals surface area (Å²) >= 11 is 1.59. The minimum Gasteiger partial charge on any atom is -0.391 e. The summed E-state index contributed by atoms with van der Waals surface area (Å²) in [5.74, 6) is -0.793. The zero-order chi connectivity index (χ0) is 64.3. The van der Waals surface area contributed by atoms with Gasteiger partial charge >= 0.3 is 0 Å². The number of aryl methyl sites for hydroxylation is 3. The van der Waals surface area contributed by atoms with Crippen LogP contribution in [0.15, 0.2) is 77.0 Å². The fourth-order valence-electron chi connectivity index (χ4n) is 13.1. The molecule has 0 bridgehead atoms. The number of piperazine rings is 1. The molecule has 0 spiro atoms. The van der Waals surface area contributed by atoms with Crippen molar-refractivity contribution in [3.8, 4) is 21.6 Å². The summed E-state index contributed by atoms with van der Waals surface area (Å²) in [4.78, 5) is 97.6. The van der Waals surface area contributed by atoms with E-state index in [0.717, 1.165) is 166 Å². The first-order chi connectivity index (χ1) is 43.3. The van der Waals surface area contributed by atoms with Gasteiger partial charge in [-0.05, 0) is 123 Å². The number of amides is 5. The minimum atomic E-state index is -0.839. The zero-order valence-corrected chi connectivity index (χ0v) is 55.8. The number of nitrogens with one attached hydrogen (secondary N) is 4. The van der Waals surface area contributed by atoms with Crippen LogP contribution in [0.1, 0.15) is 186 Å². The molecule has 0 radical (unpaired) electrons. The molecule has 3 saturated heterocycles. The quantitative estimate of drug-likeness (QED) is 0.0273. The van der Waals surface area contributed by atoms with Crippen molar-refractivity contribution in [2.45, 2.75) is 208 Å². The lowest BCUT2D eigenvalue weighted by Gasteiger charge is -2.37. The van der Waals surface area contributed by atoms with Crippen LogP contribution in [0.2, 0.25) is 0 Å². The second kappa shape index (κ2) is 33.5. The number of nitrogens with zero attached hydrogens (tertiary/aromatic N) is 5. The number of ether oxygens (including phenoxy) is 1. The van der Waals surface area contributed by atoms with Gasteiger partial charge in [0, 0.05) is 120 Å². The lowest BCUT2D eigenvalue weighted by Crippen LogP contribution is -2.57. The Kier molecular flexibility index (Phi) is 25.8. The van der Waals surface area contributed by atoms with Crippen molar-refractivity contribution < 1.29 is 33.8 Å². The maximum atomic E-state index is 14.1. The summed E-state index contributed by atoms with van der Waals surface area (Å²) in [5, 5.41) is 19.7. The number of carbonyl (C=O) groups is 5. The van der Waals surface area contributed by atoms with Crippen LogP contribution < -0.4 is 26.4 Å². The molecular formula is C72H101N9O8S. The number of likely N-dealkylation sites (tertiary alicyclic amines) is 1. The number of aliphatic hydroxyl groups is 1. The Morgan fingerprint density at radius 1 is 0.756 bits per heavy atom. The van der Waals surface area contributed by atoms with Crippen LogP contribution in [0.3, 0.4) is 0 Å². The van der Waals surface area contributed by atoms with Crippen LogP contribution in [0, 0.1) is 33.1 Å². The topological polar surface area (TPSA) is 210 Å². The smallest absolute Gasteiger partial charge is 0.253 e. The van der Waals surface area contributed by atoms with Crippen molar-refractivity contribution in [2.75, 3.05) is 57.4 Å². The van der Waals surface area contributed by atoms with E-state index >= 15 is 0 Å². The molecule has 488 valence electrons. The maximum Gasteiger partial charge on any atom is 0.253 e. The highest BCUT2D eigenvalue weighted by molar-refractivity contribution is 7.13. The number of carbonyl (C=O) groups excluding carboxylic acids is 5. The molecule has 3 aromatic carbocycles. The molecule has 18 heteroatoms. The van der Waals surface area contributed by atoms with E-state index in [9.17, 15) is 33.9 Å². The van der Waals surface area contributed by atoms with Gasteiger partial charge in [-0.2, -0.15) is 0 Å². The molecule has 0 unspecified atom stereocenters. The number of pyridine rings is 1. The molecule has 3 aliphatic heterocycles.